The number of hydrogen-bond donors (Lipinski definition) is 1. The lowest BCUT2D eigenvalue weighted by Gasteiger charge is -2.03. The van der Waals surface area contributed by atoms with Gasteiger partial charge in [0.05, 0.1) is 0 Å². The molecule has 0 heterocycles. The minimum absolute atomic E-state index is 0.950. The molecule has 0 aliphatic heterocycles. The van der Waals surface area contributed by atoms with Gasteiger partial charge in [-0.3, -0.25) is 0 Å². The van der Waals surface area contributed by atoms with E-state index < -0.39 is 0 Å². The molecule has 1 aliphatic carbocycles. The van der Waals surface area contributed by atoms with Gasteiger partial charge in [0.15, 0.2) is 0 Å². The zero-order valence-electron chi connectivity index (χ0n) is 6.85. The SMILES string of the molecule is Cc1cc2c(cc1N)CCC2. The molecule has 2 rings (SSSR count). The standard InChI is InChI=1S/C10H13N/c1-7-5-8-3-2-4-9(8)6-10(7)11/h5-6H,2-4,11H2,1H3. The number of nitrogens with two attached hydrogens (primary N) is 1. The Morgan fingerprint density at radius 3 is 2.55 bits per heavy atom. The second-order valence-corrected chi connectivity index (χ2v) is 3.33. The molecular weight excluding hydrogens is 134 g/mol. The molecule has 0 saturated carbocycles. The van der Waals surface area contributed by atoms with E-state index in [9.17, 15) is 0 Å². The summed E-state index contributed by atoms with van der Waals surface area (Å²) in [7, 11) is 0. The predicted octanol–water partition coefficient (Wildman–Crippen LogP) is 2.07. The third-order valence-electron chi connectivity index (χ3n) is 2.48. The van der Waals surface area contributed by atoms with Crippen molar-refractivity contribution in [3.05, 3.63) is 28.8 Å². The van der Waals surface area contributed by atoms with Gasteiger partial charge in [0.1, 0.15) is 0 Å². The molecule has 1 nitrogen and oxygen atoms in total. The van der Waals surface area contributed by atoms with E-state index >= 15 is 0 Å². The molecule has 0 amide bonds. The Kier molecular flexibility index (Phi) is 1.38. The highest BCUT2D eigenvalue weighted by molar-refractivity contribution is 5.52. The molecule has 0 radical (unpaired) electrons. The number of benzene rings is 1. The van der Waals surface area contributed by atoms with E-state index in [1.807, 2.05) is 0 Å². The molecular formula is C10H13N. The summed E-state index contributed by atoms with van der Waals surface area (Å²) < 4.78 is 0. The summed E-state index contributed by atoms with van der Waals surface area (Å²) in [4.78, 5) is 0. The summed E-state index contributed by atoms with van der Waals surface area (Å²) in [5.41, 5.74) is 10.9. The Morgan fingerprint density at radius 1 is 1.18 bits per heavy atom. The van der Waals surface area contributed by atoms with Crippen LogP contribution in [0, 0.1) is 6.92 Å². The Balaban J connectivity index is 2.57. The quantitative estimate of drug-likeness (QED) is 0.558. The predicted molar refractivity (Wildman–Crippen MR) is 47.6 cm³/mol. The molecule has 1 aromatic rings. The largest absolute Gasteiger partial charge is 0.399 e. The molecule has 0 unspecified atom stereocenters. The molecule has 0 saturated heterocycles. The smallest absolute Gasteiger partial charge is 0.0346 e. The van der Waals surface area contributed by atoms with Crippen molar-refractivity contribution in [2.75, 3.05) is 5.73 Å². The van der Waals surface area contributed by atoms with E-state index in [0.29, 0.717) is 0 Å². The van der Waals surface area contributed by atoms with Gasteiger partial charge in [0.25, 0.3) is 0 Å². The lowest BCUT2D eigenvalue weighted by Crippen LogP contribution is -1.92. The minimum Gasteiger partial charge on any atom is -0.399 e. The number of nitrogen functional groups attached to an aromatic ring is 1. The van der Waals surface area contributed by atoms with Crippen molar-refractivity contribution in [1.29, 1.82) is 0 Å². The van der Waals surface area contributed by atoms with Crippen molar-refractivity contribution >= 4 is 5.69 Å². The number of aryl methyl sites for hydroxylation is 3. The molecule has 0 fully saturated rings. The highest BCUT2D eigenvalue weighted by atomic mass is 14.6. The molecule has 1 aromatic carbocycles. The van der Waals surface area contributed by atoms with E-state index in [4.69, 9.17) is 5.73 Å². The first-order chi connectivity index (χ1) is 5.27. The Labute approximate surface area is 67.2 Å². The number of rotatable bonds is 0. The van der Waals surface area contributed by atoms with Gasteiger partial charge in [0, 0.05) is 5.69 Å². The van der Waals surface area contributed by atoms with E-state index in [1.165, 1.54) is 36.0 Å². The van der Waals surface area contributed by atoms with Crippen LogP contribution < -0.4 is 5.73 Å². The summed E-state index contributed by atoms with van der Waals surface area (Å²) >= 11 is 0. The molecule has 0 bridgehead atoms. The van der Waals surface area contributed by atoms with Crippen molar-refractivity contribution in [1.82, 2.24) is 0 Å². The molecule has 0 aromatic heterocycles. The Bertz CT molecular complexity index is 260. The average Bonchev–Trinajstić information content (AvgIpc) is 2.36. The maximum atomic E-state index is 5.79. The van der Waals surface area contributed by atoms with Crippen LogP contribution in [0.4, 0.5) is 5.69 Å². The monoisotopic (exact) mass is 147 g/mol. The van der Waals surface area contributed by atoms with Crippen LogP contribution in [-0.4, -0.2) is 0 Å². The van der Waals surface area contributed by atoms with Crippen molar-refractivity contribution in [2.24, 2.45) is 0 Å². The van der Waals surface area contributed by atoms with Gasteiger partial charge >= 0.3 is 0 Å². The van der Waals surface area contributed by atoms with Crippen molar-refractivity contribution in [3.63, 3.8) is 0 Å². The van der Waals surface area contributed by atoms with Crippen LogP contribution in [0.3, 0.4) is 0 Å². The van der Waals surface area contributed by atoms with E-state index in [2.05, 4.69) is 19.1 Å². The van der Waals surface area contributed by atoms with Gasteiger partial charge in [-0.1, -0.05) is 6.07 Å². The third kappa shape index (κ3) is 1.01. The van der Waals surface area contributed by atoms with Crippen LogP contribution in [0.1, 0.15) is 23.1 Å². The third-order valence-corrected chi connectivity index (χ3v) is 2.48. The Hall–Kier alpha value is -0.980. The van der Waals surface area contributed by atoms with Crippen molar-refractivity contribution in [3.8, 4) is 0 Å². The second-order valence-electron chi connectivity index (χ2n) is 3.33. The number of hydrogen-bond acceptors (Lipinski definition) is 1. The minimum atomic E-state index is 0.950. The van der Waals surface area contributed by atoms with Crippen molar-refractivity contribution < 1.29 is 0 Å². The van der Waals surface area contributed by atoms with Gasteiger partial charge in [-0.2, -0.15) is 0 Å². The summed E-state index contributed by atoms with van der Waals surface area (Å²) in [6, 6.07) is 4.37. The maximum absolute atomic E-state index is 5.79. The fourth-order valence-electron chi connectivity index (χ4n) is 1.77. The normalized spacial score (nSPS) is 15.0. The highest BCUT2D eigenvalue weighted by Crippen LogP contribution is 2.26. The molecule has 2 N–H and O–H groups in total. The number of fused-ring (bicyclic) bond motifs is 1. The molecule has 0 atom stereocenters. The van der Waals surface area contributed by atoms with Gasteiger partial charge < -0.3 is 5.73 Å². The lowest BCUT2D eigenvalue weighted by molar-refractivity contribution is 0.911. The molecule has 1 aliphatic rings. The molecule has 11 heavy (non-hydrogen) atoms. The van der Waals surface area contributed by atoms with Crippen LogP contribution in [0.25, 0.3) is 0 Å². The van der Waals surface area contributed by atoms with Crippen LogP contribution in [0.2, 0.25) is 0 Å². The summed E-state index contributed by atoms with van der Waals surface area (Å²) in [6.45, 7) is 2.08. The van der Waals surface area contributed by atoms with Gasteiger partial charge in [0.2, 0.25) is 0 Å². The first kappa shape index (κ1) is 6.71. The summed E-state index contributed by atoms with van der Waals surface area (Å²) in [5, 5.41) is 0. The fraction of sp³-hybridized carbons (Fsp3) is 0.400. The van der Waals surface area contributed by atoms with Gasteiger partial charge in [-0.15, -0.1) is 0 Å². The summed E-state index contributed by atoms with van der Waals surface area (Å²) in [5.74, 6) is 0. The molecule has 0 spiro atoms. The lowest BCUT2D eigenvalue weighted by atomic mass is 10.1. The van der Waals surface area contributed by atoms with Gasteiger partial charge in [-0.25, -0.2) is 0 Å². The maximum Gasteiger partial charge on any atom is 0.0346 e. The van der Waals surface area contributed by atoms with Crippen LogP contribution in [-0.2, 0) is 12.8 Å². The molecule has 1 heteroatoms. The second kappa shape index (κ2) is 2.26. The zero-order chi connectivity index (χ0) is 7.84. The van der Waals surface area contributed by atoms with Crippen LogP contribution in [0.15, 0.2) is 12.1 Å². The van der Waals surface area contributed by atoms with E-state index in [-0.39, 0.29) is 0 Å². The first-order valence-corrected chi connectivity index (χ1v) is 4.15. The van der Waals surface area contributed by atoms with Crippen LogP contribution >= 0.6 is 0 Å². The zero-order valence-corrected chi connectivity index (χ0v) is 6.85. The van der Waals surface area contributed by atoms with E-state index in [1.54, 1.807) is 0 Å². The van der Waals surface area contributed by atoms with Gasteiger partial charge in [-0.05, 0) is 48.9 Å². The topological polar surface area (TPSA) is 26.0 Å². The fourth-order valence-corrected chi connectivity index (χ4v) is 1.77. The average molecular weight is 147 g/mol. The van der Waals surface area contributed by atoms with E-state index in [0.717, 1.165) is 5.69 Å². The molecule has 58 valence electrons. The number of anilines is 1. The van der Waals surface area contributed by atoms with Crippen molar-refractivity contribution in [2.45, 2.75) is 26.2 Å². The summed E-state index contributed by atoms with van der Waals surface area (Å²) in [6.07, 6.45) is 3.77. The highest BCUT2D eigenvalue weighted by Gasteiger charge is 2.11. The van der Waals surface area contributed by atoms with Crippen LogP contribution in [0.5, 0.6) is 0 Å². The Morgan fingerprint density at radius 2 is 1.82 bits per heavy atom. The first-order valence-electron chi connectivity index (χ1n) is 4.15.